The summed E-state index contributed by atoms with van der Waals surface area (Å²) in [5.74, 6) is 0. The predicted molar refractivity (Wildman–Crippen MR) is 158 cm³/mol. The van der Waals surface area contributed by atoms with Crippen LogP contribution in [-0.2, 0) is 18.4 Å². The molecule has 0 heterocycles. The monoisotopic (exact) mass is 489 g/mol. The van der Waals surface area contributed by atoms with Crippen LogP contribution < -0.4 is 5.73 Å². The van der Waals surface area contributed by atoms with Crippen molar-refractivity contribution in [3.63, 3.8) is 0 Å². The van der Waals surface area contributed by atoms with Crippen molar-refractivity contribution in [2.24, 2.45) is 5.73 Å². The van der Waals surface area contributed by atoms with Gasteiger partial charge in [-0.05, 0) is 56.2 Å². The van der Waals surface area contributed by atoms with Crippen LogP contribution in [0.15, 0.2) is 18.2 Å². The lowest BCUT2D eigenvalue weighted by molar-refractivity contribution is 0.534. The second-order valence-electron chi connectivity index (χ2n) is 11.5. The molecule has 0 amide bonds. The van der Waals surface area contributed by atoms with Crippen LogP contribution >= 0.6 is 0 Å². The minimum atomic E-state index is -0.248. The predicted octanol–water partition coefficient (Wildman–Crippen LogP) is 9.98. The van der Waals surface area contributed by atoms with Crippen molar-refractivity contribution >= 4 is 0 Å². The highest BCUT2D eigenvalue weighted by Gasteiger charge is 2.20. The molecule has 0 atom stereocenters. The summed E-state index contributed by atoms with van der Waals surface area (Å²) in [6.45, 7) is 8.95. The number of rotatable bonds is 23. The molecule has 0 aromatic heterocycles. The van der Waals surface area contributed by atoms with E-state index in [9.17, 15) is 0 Å². The van der Waals surface area contributed by atoms with Crippen molar-refractivity contribution in [3.8, 4) is 0 Å². The van der Waals surface area contributed by atoms with E-state index < -0.39 is 0 Å². The van der Waals surface area contributed by atoms with Crippen LogP contribution in [0.25, 0.3) is 0 Å². The van der Waals surface area contributed by atoms with Crippen molar-refractivity contribution < 1.29 is 5.48 Å². The molecule has 0 aliphatic rings. The van der Waals surface area contributed by atoms with Gasteiger partial charge in [0.05, 0.1) is 0 Å². The van der Waals surface area contributed by atoms with Gasteiger partial charge in [0.15, 0.2) is 0 Å². The summed E-state index contributed by atoms with van der Waals surface area (Å²) in [5, 5.41) is 0. The minimum absolute atomic E-state index is 0. The summed E-state index contributed by atoms with van der Waals surface area (Å²) in [6, 6.07) is 6.92. The summed E-state index contributed by atoms with van der Waals surface area (Å²) in [6.07, 6.45) is 30.5. The SMILES string of the molecule is CCCCCCCCCCCCc1cccc(C(C)(C)N)c1CCCCCCCCCCCC.O. The second kappa shape index (κ2) is 22.3. The largest absolute Gasteiger partial charge is 0.412 e. The Morgan fingerprint density at radius 1 is 0.543 bits per heavy atom. The minimum Gasteiger partial charge on any atom is -0.412 e. The molecule has 0 aliphatic carbocycles. The highest BCUT2D eigenvalue weighted by atomic mass is 16.0. The molecule has 0 unspecified atom stereocenters. The lowest BCUT2D eigenvalue weighted by atomic mass is 9.84. The van der Waals surface area contributed by atoms with E-state index in [0.29, 0.717) is 0 Å². The standard InChI is InChI=1S/C33H61N.H2O/c1-5-7-9-11-13-15-17-19-21-23-26-30-27-25-29-32(33(3,4)34)31(30)28-24-22-20-18-16-14-12-10-8-6-2;/h25,27,29H,5-24,26,28,34H2,1-4H3;1H2. The first-order chi connectivity index (χ1) is 16.5. The van der Waals surface area contributed by atoms with Crippen LogP contribution in [0, 0.1) is 0 Å². The summed E-state index contributed by atoms with van der Waals surface area (Å²) in [7, 11) is 0. The van der Waals surface area contributed by atoms with E-state index >= 15 is 0 Å². The summed E-state index contributed by atoms with van der Waals surface area (Å²) >= 11 is 0. The van der Waals surface area contributed by atoms with Crippen LogP contribution in [0.4, 0.5) is 0 Å². The molecule has 1 aromatic carbocycles. The zero-order valence-electron chi connectivity index (χ0n) is 24.4. The number of unbranched alkanes of at least 4 members (excludes halogenated alkanes) is 18. The van der Waals surface area contributed by atoms with E-state index in [0.717, 1.165) is 0 Å². The van der Waals surface area contributed by atoms with Gasteiger partial charge in [0, 0.05) is 5.54 Å². The van der Waals surface area contributed by atoms with Gasteiger partial charge in [-0.25, -0.2) is 0 Å². The van der Waals surface area contributed by atoms with Crippen molar-refractivity contribution in [2.75, 3.05) is 0 Å². The zero-order chi connectivity index (χ0) is 24.9. The van der Waals surface area contributed by atoms with Crippen molar-refractivity contribution in [1.29, 1.82) is 0 Å². The van der Waals surface area contributed by atoms with E-state index in [4.69, 9.17) is 5.73 Å². The number of aryl methyl sites for hydroxylation is 1. The molecule has 0 saturated heterocycles. The zero-order valence-corrected chi connectivity index (χ0v) is 24.4. The molecule has 1 aromatic rings. The van der Waals surface area contributed by atoms with Crippen LogP contribution in [-0.4, -0.2) is 5.48 Å². The fourth-order valence-electron chi connectivity index (χ4n) is 5.36. The fourth-order valence-corrected chi connectivity index (χ4v) is 5.36. The molecule has 1 rings (SSSR count). The number of benzene rings is 1. The van der Waals surface area contributed by atoms with E-state index in [-0.39, 0.29) is 11.0 Å². The second-order valence-corrected chi connectivity index (χ2v) is 11.5. The molecule has 0 spiro atoms. The van der Waals surface area contributed by atoms with Crippen molar-refractivity contribution in [3.05, 3.63) is 34.9 Å². The number of nitrogens with two attached hydrogens (primary N) is 1. The van der Waals surface area contributed by atoms with Gasteiger partial charge in [0.1, 0.15) is 0 Å². The maximum atomic E-state index is 6.60. The molecular formula is C33H63NO. The molecule has 2 nitrogen and oxygen atoms in total. The first kappa shape index (κ1) is 34.1. The average Bonchev–Trinajstić information content (AvgIpc) is 2.81. The highest BCUT2D eigenvalue weighted by molar-refractivity contribution is 5.39. The molecule has 35 heavy (non-hydrogen) atoms. The Morgan fingerprint density at radius 3 is 1.31 bits per heavy atom. The van der Waals surface area contributed by atoms with Gasteiger partial charge in [0.2, 0.25) is 0 Å². The highest BCUT2D eigenvalue weighted by Crippen LogP contribution is 2.28. The van der Waals surface area contributed by atoms with E-state index in [2.05, 4.69) is 45.9 Å². The first-order valence-corrected chi connectivity index (χ1v) is 15.4. The van der Waals surface area contributed by atoms with Gasteiger partial charge in [-0.2, -0.15) is 0 Å². The first-order valence-electron chi connectivity index (χ1n) is 15.4. The average molecular weight is 490 g/mol. The van der Waals surface area contributed by atoms with Gasteiger partial charge in [-0.1, -0.05) is 148 Å². The van der Waals surface area contributed by atoms with Crippen LogP contribution in [0.3, 0.4) is 0 Å². The number of hydrogen-bond donors (Lipinski definition) is 1. The normalized spacial score (nSPS) is 11.6. The number of hydrogen-bond acceptors (Lipinski definition) is 1. The van der Waals surface area contributed by atoms with E-state index in [1.807, 2.05) is 0 Å². The van der Waals surface area contributed by atoms with Crippen LogP contribution in [0.1, 0.15) is 173 Å². The lowest BCUT2D eigenvalue weighted by Crippen LogP contribution is -2.30. The van der Waals surface area contributed by atoms with Gasteiger partial charge in [-0.15, -0.1) is 0 Å². The van der Waals surface area contributed by atoms with Gasteiger partial charge < -0.3 is 11.2 Å². The molecule has 0 saturated carbocycles. The maximum absolute atomic E-state index is 6.60. The molecule has 0 fully saturated rings. The molecule has 2 heteroatoms. The van der Waals surface area contributed by atoms with Gasteiger partial charge >= 0.3 is 0 Å². The third-order valence-electron chi connectivity index (χ3n) is 7.55. The maximum Gasteiger partial charge on any atom is 0.0355 e. The molecule has 206 valence electrons. The van der Waals surface area contributed by atoms with Crippen molar-refractivity contribution in [1.82, 2.24) is 0 Å². The Bertz CT molecular complexity index is 589. The Morgan fingerprint density at radius 2 is 0.914 bits per heavy atom. The summed E-state index contributed by atoms with van der Waals surface area (Å²) < 4.78 is 0. The third-order valence-corrected chi connectivity index (χ3v) is 7.55. The fraction of sp³-hybridized carbons (Fsp3) is 0.818. The smallest absolute Gasteiger partial charge is 0.0355 e. The Hall–Kier alpha value is -0.860. The molecule has 0 bridgehead atoms. The van der Waals surface area contributed by atoms with E-state index in [1.165, 1.54) is 147 Å². The molecule has 4 N–H and O–H groups in total. The summed E-state index contributed by atoms with van der Waals surface area (Å²) in [5.41, 5.74) is 10.9. The van der Waals surface area contributed by atoms with Crippen LogP contribution in [0.5, 0.6) is 0 Å². The van der Waals surface area contributed by atoms with Gasteiger partial charge in [-0.3, -0.25) is 0 Å². The Labute approximate surface area is 220 Å². The van der Waals surface area contributed by atoms with Gasteiger partial charge in [0.25, 0.3) is 0 Å². The topological polar surface area (TPSA) is 57.5 Å². The molecule has 0 radical (unpaired) electrons. The van der Waals surface area contributed by atoms with Crippen LogP contribution in [0.2, 0.25) is 0 Å². The summed E-state index contributed by atoms with van der Waals surface area (Å²) in [4.78, 5) is 0. The van der Waals surface area contributed by atoms with E-state index in [1.54, 1.807) is 11.1 Å². The Kier molecular flexibility index (Phi) is 21.8. The molecule has 0 aliphatic heterocycles. The quantitative estimate of drug-likeness (QED) is 0.153. The third kappa shape index (κ3) is 17.3. The van der Waals surface area contributed by atoms with Crippen molar-refractivity contribution in [2.45, 2.75) is 174 Å². The Balaban J connectivity index is 0.0000116. The molecular weight excluding hydrogens is 426 g/mol. The lowest BCUT2D eigenvalue weighted by Gasteiger charge is -2.25.